The average Bonchev–Trinajstić information content (AvgIpc) is 2.82. The van der Waals surface area contributed by atoms with Crippen molar-refractivity contribution in [1.29, 1.82) is 0 Å². The highest BCUT2D eigenvalue weighted by molar-refractivity contribution is 9.10. The number of carbonyl (C=O) groups is 1. The number of amides is 1. The summed E-state index contributed by atoms with van der Waals surface area (Å²) >= 11 is 3.44. The van der Waals surface area contributed by atoms with Crippen molar-refractivity contribution >= 4 is 27.7 Å². The van der Waals surface area contributed by atoms with Gasteiger partial charge >= 0.3 is 6.09 Å². The number of hydrogen-bond acceptors (Lipinski definition) is 5. The lowest BCUT2D eigenvalue weighted by Gasteiger charge is -2.38. The van der Waals surface area contributed by atoms with E-state index < -0.39 is 11.7 Å². The molecule has 0 aliphatic carbocycles. The molecule has 1 fully saturated rings. The summed E-state index contributed by atoms with van der Waals surface area (Å²) in [5.41, 5.74) is 0.887. The van der Waals surface area contributed by atoms with Gasteiger partial charge in [0.25, 0.3) is 0 Å². The number of hydrogen-bond donors (Lipinski definition) is 2. The number of benzene rings is 3. The Labute approximate surface area is 202 Å². The van der Waals surface area contributed by atoms with Crippen LogP contribution in [0.5, 0.6) is 11.5 Å². The molecule has 6 nitrogen and oxygen atoms in total. The molecule has 1 aliphatic heterocycles. The van der Waals surface area contributed by atoms with E-state index >= 15 is 0 Å². The minimum atomic E-state index is -0.763. The van der Waals surface area contributed by atoms with E-state index in [9.17, 15) is 9.90 Å². The van der Waals surface area contributed by atoms with Crippen LogP contribution in [-0.2, 0) is 5.60 Å². The minimum absolute atomic E-state index is 0.444. The molecule has 2 N–H and O–H groups in total. The van der Waals surface area contributed by atoms with Crippen LogP contribution in [0.25, 0.3) is 0 Å². The van der Waals surface area contributed by atoms with E-state index in [0.29, 0.717) is 36.6 Å². The summed E-state index contributed by atoms with van der Waals surface area (Å²) in [5, 5.41) is 13.7. The van der Waals surface area contributed by atoms with Crippen LogP contribution in [0.4, 0.5) is 10.5 Å². The Balaban J connectivity index is 1.18. The number of nitrogens with one attached hydrogen (secondary N) is 1. The maximum Gasteiger partial charge on any atom is 0.417 e. The van der Waals surface area contributed by atoms with Crippen LogP contribution in [-0.4, -0.2) is 42.3 Å². The Morgan fingerprint density at radius 2 is 1.58 bits per heavy atom. The third kappa shape index (κ3) is 6.57. The van der Waals surface area contributed by atoms with Crippen LogP contribution in [0.15, 0.2) is 83.3 Å². The lowest BCUT2D eigenvalue weighted by atomic mass is 9.84. The summed E-state index contributed by atoms with van der Waals surface area (Å²) < 4.78 is 12.2. The van der Waals surface area contributed by atoms with Crippen molar-refractivity contribution in [2.24, 2.45) is 0 Å². The zero-order valence-corrected chi connectivity index (χ0v) is 19.8. The predicted octanol–water partition coefficient (Wildman–Crippen LogP) is 5.42. The summed E-state index contributed by atoms with van der Waals surface area (Å²) in [7, 11) is 0. The molecule has 0 unspecified atom stereocenters. The average molecular weight is 511 g/mol. The first-order valence-corrected chi connectivity index (χ1v) is 11.8. The molecule has 0 radical (unpaired) electrons. The second kappa shape index (κ2) is 10.8. The first-order chi connectivity index (χ1) is 16.0. The van der Waals surface area contributed by atoms with Gasteiger partial charge in [0, 0.05) is 29.8 Å². The van der Waals surface area contributed by atoms with E-state index in [0.717, 1.165) is 29.7 Å². The minimum Gasteiger partial charge on any atom is -0.492 e. The maximum atomic E-state index is 12.0. The van der Waals surface area contributed by atoms with Crippen molar-refractivity contribution in [3.63, 3.8) is 0 Å². The van der Waals surface area contributed by atoms with E-state index in [1.165, 1.54) is 0 Å². The molecule has 33 heavy (non-hydrogen) atoms. The van der Waals surface area contributed by atoms with Crippen molar-refractivity contribution in [3.8, 4) is 11.5 Å². The molecule has 1 aliphatic rings. The second-order valence-corrected chi connectivity index (χ2v) is 9.00. The Morgan fingerprint density at radius 3 is 2.24 bits per heavy atom. The molecule has 1 heterocycles. The highest BCUT2D eigenvalue weighted by Gasteiger charge is 2.33. The quantitative estimate of drug-likeness (QED) is 0.443. The predicted molar refractivity (Wildman–Crippen MR) is 132 cm³/mol. The van der Waals surface area contributed by atoms with Crippen molar-refractivity contribution in [1.82, 2.24) is 4.90 Å². The molecule has 1 amide bonds. The number of anilines is 1. The van der Waals surface area contributed by atoms with Crippen LogP contribution in [0.1, 0.15) is 18.4 Å². The summed E-state index contributed by atoms with van der Waals surface area (Å²) in [6, 6.07) is 24.1. The summed E-state index contributed by atoms with van der Waals surface area (Å²) in [6.07, 6.45) is 0.861. The largest absolute Gasteiger partial charge is 0.492 e. The first kappa shape index (κ1) is 23.3. The molecule has 4 rings (SSSR count). The van der Waals surface area contributed by atoms with Crippen LogP contribution < -0.4 is 14.8 Å². The number of halogens is 1. The van der Waals surface area contributed by atoms with Gasteiger partial charge in [-0.25, -0.2) is 4.79 Å². The number of likely N-dealkylation sites (tertiary alicyclic amines) is 1. The monoisotopic (exact) mass is 510 g/mol. The molecular weight excluding hydrogens is 484 g/mol. The Morgan fingerprint density at radius 1 is 0.939 bits per heavy atom. The Bertz CT molecular complexity index is 1030. The van der Waals surface area contributed by atoms with Crippen LogP contribution in [0.2, 0.25) is 0 Å². The first-order valence-electron chi connectivity index (χ1n) is 11.0. The van der Waals surface area contributed by atoms with Crippen molar-refractivity contribution in [2.75, 3.05) is 31.6 Å². The van der Waals surface area contributed by atoms with Gasteiger partial charge in [0.1, 0.15) is 18.1 Å². The van der Waals surface area contributed by atoms with Crippen molar-refractivity contribution in [3.05, 3.63) is 88.9 Å². The molecule has 0 atom stereocenters. The van der Waals surface area contributed by atoms with Crippen LogP contribution in [0.3, 0.4) is 0 Å². The smallest absolute Gasteiger partial charge is 0.417 e. The second-order valence-electron chi connectivity index (χ2n) is 8.08. The normalized spacial score (nSPS) is 15.6. The fourth-order valence-corrected chi connectivity index (χ4v) is 4.13. The number of para-hydroxylation sites is 1. The lowest BCUT2D eigenvalue weighted by Crippen LogP contribution is -2.43. The van der Waals surface area contributed by atoms with Gasteiger partial charge in [0.2, 0.25) is 0 Å². The summed E-state index contributed by atoms with van der Waals surface area (Å²) in [5.74, 6) is 1.16. The molecule has 172 valence electrons. The van der Waals surface area contributed by atoms with Gasteiger partial charge in [0.15, 0.2) is 0 Å². The van der Waals surface area contributed by atoms with E-state index in [1.54, 1.807) is 36.4 Å². The lowest BCUT2D eigenvalue weighted by molar-refractivity contribution is -0.0278. The number of piperidine rings is 1. The van der Waals surface area contributed by atoms with Gasteiger partial charge in [-0.15, -0.1) is 0 Å². The third-order valence-corrected chi connectivity index (χ3v) is 6.32. The summed E-state index contributed by atoms with van der Waals surface area (Å²) in [6.45, 7) is 2.97. The number of nitrogens with zero attached hydrogens (tertiary/aromatic N) is 1. The van der Waals surface area contributed by atoms with Gasteiger partial charge in [-0.1, -0.05) is 46.3 Å². The highest BCUT2D eigenvalue weighted by Crippen LogP contribution is 2.33. The molecular formula is C26H27BrN2O4. The van der Waals surface area contributed by atoms with E-state index in [1.807, 2.05) is 42.5 Å². The number of rotatable bonds is 7. The van der Waals surface area contributed by atoms with Crippen LogP contribution in [0, 0.1) is 0 Å². The van der Waals surface area contributed by atoms with Gasteiger partial charge in [-0.3, -0.25) is 10.2 Å². The Hall–Kier alpha value is -2.87. The highest BCUT2D eigenvalue weighted by atomic mass is 79.9. The molecule has 7 heteroatoms. The third-order valence-electron chi connectivity index (χ3n) is 5.80. The van der Waals surface area contributed by atoms with Crippen molar-refractivity contribution < 1.29 is 19.4 Å². The van der Waals surface area contributed by atoms with Gasteiger partial charge in [-0.2, -0.15) is 0 Å². The van der Waals surface area contributed by atoms with E-state index in [4.69, 9.17) is 9.47 Å². The van der Waals surface area contributed by atoms with E-state index in [2.05, 4.69) is 26.1 Å². The molecule has 1 saturated heterocycles. The molecule has 3 aromatic rings. The maximum absolute atomic E-state index is 12.0. The van der Waals surface area contributed by atoms with Crippen LogP contribution >= 0.6 is 15.9 Å². The molecule has 0 bridgehead atoms. The fourth-order valence-electron chi connectivity index (χ4n) is 3.86. The zero-order chi connectivity index (χ0) is 23.1. The molecule has 0 aromatic heterocycles. The zero-order valence-electron chi connectivity index (χ0n) is 18.2. The van der Waals surface area contributed by atoms with E-state index in [-0.39, 0.29) is 0 Å². The molecule has 0 spiro atoms. The number of carbonyl (C=O) groups excluding carboxylic acids is 1. The van der Waals surface area contributed by atoms with Gasteiger partial charge < -0.3 is 14.6 Å². The molecule has 0 saturated carbocycles. The fraction of sp³-hybridized carbons (Fsp3) is 0.269. The van der Waals surface area contributed by atoms with Gasteiger partial charge in [0.05, 0.1) is 5.60 Å². The van der Waals surface area contributed by atoms with Gasteiger partial charge in [-0.05, 0) is 66.9 Å². The number of ether oxygens (including phenoxy) is 2. The molecule has 3 aromatic carbocycles. The Kier molecular flexibility index (Phi) is 7.65. The topological polar surface area (TPSA) is 71.0 Å². The summed E-state index contributed by atoms with van der Waals surface area (Å²) in [4.78, 5) is 14.3. The SMILES string of the molecule is O=C(Nc1ccccc1)Oc1ccc(OCCN2CCC(O)(c3ccc(Br)cc3)CC2)cc1. The van der Waals surface area contributed by atoms with Crippen molar-refractivity contribution in [2.45, 2.75) is 18.4 Å². The standard InChI is InChI=1S/C26H27BrN2O4/c27-21-8-6-20(7-9-21)26(31)14-16-29(17-15-26)18-19-32-23-10-12-24(13-11-23)33-25(30)28-22-4-2-1-3-5-22/h1-13,31H,14-19H2,(H,28,30). The number of aliphatic hydroxyl groups is 1.